The number of hydrogen-bond donors (Lipinski definition) is 1. The largest absolute Gasteiger partial charge is 0.383 e. The van der Waals surface area contributed by atoms with Gasteiger partial charge < -0.3 is 5.73 Å². The molecule has 20 heavy (non-hydrogen) atoms. The molecule has 0 fully saturated rings. The standard InChI is InChI=1S/C15H23N5/c1-6-7-11-17-8-9-20(11)13-10(2)12(16)18-14(19-13)15(3,4)5/h8-9H,6-7H2,1-5H3,(H2,16,18,19). The summed E-state index contributed by atoms with van der Waals surface area (Å²) in [5.41, 5.74) is 6.82. The number of rotatable bonds is 3. The fourth-order valence-corrected chi connectivity index (χ4v) is 2.03. The zero-order chi connectivity index (χ0) is 14.9. The molecule has 2 aromatic rings. The van der Waals surface area contributed by atoms with Crippen molar-refractivity contribution in [2.45, 2.75) is 52.9 Å². The minimum absolute atomic E-state index is 0.137. The molecule has 0 aliphatic carbocycles. The monoisotopic (exact) mass is 273 g/mol. The highest BCUT2D eigenvalue weighted by atomic mass is 15.1. The Bertz CT molecular complexity index is 607. The third kappa shape index (κ3) is 2.66. The quantitative estimate of drug-likeness (QED) is 0.933. The summed E-state index contributed by atoms with van der Waals surface area (Å²) in [6, 6.07) is 0. The number of hydrogen-bond acceptors (Lipinski definition) is 4. The summed E-state index contributed by atoms with van der Waals surface area (Å²) in [6.45, 7) is 10.3. The number of aromatic nitrogens is 4. The van der Waals surface area contributed by atoms with E-state index in [0.29, 0.717) is 5.82 Å². The van der Waals surface area contributed by atoms with E-state index in [1.54, 1.807) is 6.20 Å². The van der Waals surface area contributed by atoms with Crippen molar-refractivity contribution in [1.29, 1.82) is 0 Å². The van der Waals surface area contributed by atoms with E-state index in [2.05, 4.69) is 37.7 Å². The summed E-state index contributed by atoms with van der Waals surface area (Å²) in [7, 11) is 0. The molecule has 5 heteroatoms. The average Bonchev–Trinajstić information content (AvgIpc) is 2.80. The van der Waals surface area contributed by atoms with Crippen molar-refractivity contribution in [2.75, 3.05) is 5.73 Å². The Kier molecular flexibility index (Phi) is 3.79. The van der Waals surface area contributed by atoms with E-state index >= 15 is 0 Å². The van der Waals surface area contributed by atoms with Gasteiger partial charge in [-0.2, -0.15) is 0 Å². The van der Waals surface area contributed by atoms with E-state index in [9.17, 15) is 0 Å². The first-order valence-electron chi connectivity index (χ1n) is 7.01. The lowest BCUT2D eigenvalue weighted by molar-refractivity contribution is 0.543. The Hall–Kier alpha value is -1.91. The summed E-state index contributed by atoms with van der Waals surface area (Å²) < 4.78 is 2.02. The first kappa shape index (κ1) is 14.5. The second kappa shape index (κ2) is 5.23. The van der Waals surface area contributed by atoms with Crippen molar-refractivity contribution in [2.24, 2.45) is 0 Å². The number of nitrogens with two attached hydrogens (primary N) is 1. The fourth-order valence-electron chi connectivity index (χ4n) is 2.03. The molecule has 2 N–H and O–H groups in total. The lowest BCUT2D eigenvalue weighted by Crippen LogP contribution is -2.20. The van der Waals surface area contributed by atoms with Crippen LogP contribution in [0.4, 0.5) is 5.82 Å². The van der Waals surface area contributed by atoms with E-state index in [4.69, 9.17) is 10.7 Å². The maximum Gasteiger partial charge on any atom is 0.146 e. The van der Waals surface area contributed by atoms with Crippen LogP contribution in [0.15, 0.2) is 12.4 Å². The second-order valence-corrected chi connectivity index (χ2v) is 6.09. The summed E-state index contributed by atoms with van der Waals surface area (Å²) in [6.07, 6.45) is 5.70. The highest BCUT2D eigenvalue weighted by Crippen LogP contribution is 2.24. The molecule has 0 amide bonds. The summed E-state index contributed by atoms with van der Waals surface area (Å²) in [5.74, 6) is 3.14. The number of anilines is 1. The van der Waals surface area contributed by atoms with Crippen molar-refractivity contribution < 1.29 is 0 Å². The molecule has 0 saturated carbocycles. The van der Waals surface area contributed by atoms with Crippen LogP contribution < -0.4 is 5.73 Å². The minimum Gasteiger partial charge on any atom is -0.383 e. The Balaban J connectivity index is 2.61. The molecular weight excluding hydrogens is 250 g/mol. The molecule has 0 saturated heterocycles. The van der Waals surface area contributed by atoms with Gasteiger partial charge in [-0.3, -0.25) is 4.57 Å². The minimum atomic E-state index is -0.137. The molecule has 0 aromatic carbocycles. The number of aryl methyl sites for hydroxylation is 1. The third-order valence-corrected chi connectivity index (χ3v) is 3.25. The Morgan fingerprint density at radius 1 is 1.25 bits per heavy atom. The highest BCUT2D eigenvalue weighted by Gasteiger charge is 2.21. The number of imidazole rings is 1. The zero-order valence-corrected chi connectivity index (χ0v) is 12.9. The van der Waals surface area contributed by atoms with Crippen LogP contribution in [0.5, 0.6) is 0 Å². The highest BCUT2D eigenvalue weighted by molar-refractivity contribution is 5.49. The van der Waals surface area contributed by atoms with E-state index in [1.807, 2.05) is 17.7 Å². The van der Waals surface area contributed by atoms with Gasteiger partial charge in [-0.05, 0) is 13.3 Å². The second-order valence-electron chi connectivity index (χ2n) is 6.09. The van der Waals surface area contributed by atoms with Gasteiger partial charge in [-0.15, -0.1) is 0 Å². The number of nitrogen functional groups attached to an aromatic ring is 1. The van der Waals surface area contributed by atoms with E-state index < -0.39 is 0 Å². The summed E-state index contributed by atoms with van der Waals surface area (Å²) >= 11 is 0. The van der Waals surface area contributed by atoms with Crippen LogP contribution in [0.25, 0.3) is 5.82 Å². The molecule has 0 radical (unpaired) electrons. The van der Waals surface area contributed by atoms with Crippen LogP contribution in [-0.2, 0) is 11.8 Å². The lowest BCUT2D eigenvalue weighted by atomic mass is 9.95. The Morgan fingerprint density at radius 2 is 1.95 bits per heavy atom. The molecule has 0 atom stereocenters. The van der Waals surface area contributed by atoms with Gasteiger partial charge in [0.25, 0.3) is 0 Å². The van der Waals surface area contributed by atoms with Crippen LogP contribution >= 0.6 is 0 Å². The van der Waals surface area contributed by atoms with Gasteiger partial charge in [-0.25, -0.2) is 15.0 Å². The smallest absolute Gasteiger partial charge is 0.146 e. The molecular formula is C15H23N5. The first-order valence-corrected chi connectivity index (χ1v) is 7.01. The van der Waals surface area contributed by atoms with Crippen LogP contribution in [0, 0.1) is 6.92 Å². The van der Waals surface area contributed by atoms with Crippen molar-refractivity contribution >= 4 is 5.82 Å². The molecule has 0 spiro atoms. The molecule has 2 aromatic heterocycles. The Morgan fingerprint density at radius 3 is 2.55 bits per heavy atom. The molecule has 5 nitrogen and oxygen atoms in total. The average molecular weight is 273 g/mol. The topological polar surface area (TPSA) is 69.6 Å². The predicted molar refractivity (Wildman–Crippen MR) is 81.0 cm³/mol. The molecule has 2 rings (SSSR count). The molecule has 0 aliphatic rings. The molecule has 2 heterocycles. The normalized spacial score (nSPS) is 11.8. The van der Waals surface area contributed by atoms with Gasteiger partial charge >= 0.3 is 0 Å². The van der Waals surface area contributed by atoms with Gasteiger partial charge in [0.2, 0.25) is 0 Å². The van der Waals surface area contributed by atoms with Crippen molar-refractivity contribution in [3.05, 3.63) is 29.6 Å². The van der Waals surface area contributed by atoms with Crippen LogP contribution in [0.3, 0.4) is 0 Å². The molecule has 0 aliphatic heterocycles. The van der Waals surface area contributed by atoms with Crippen LogP contribution in [0.1, 0.15) is 51.3 Å². The fraction of sp³-hybridized carbons (Fsp3) is 0.533. The number of nitrogens with zero attached hydrogens (tertiary/aromatic N) is 4. The zero-order valence-electron chi connectivity index (χ0n) is 12.9. The predicted octanol–water partition coefficient (Wildman–Crippen LogP) is 2.80. The van der Waals surface area contributed by atoms with Gasteiger partial charge in [0.15, 0.2) is 0 Å². The van der Waals surface area contributed by atoms with Crippen LogP contribution in [0.2, 0.25) is 0 Å². The third-order valence-electron chi connectivity index (χ3n) is 3.25. The SMILES string of the molecule is CCCc1nccn1-c1nc(C(C)(C)C)nc(N)c1C. The maximum atomic E-state index is 6.06. The molecule has 108 valence electrons. The summed E-state index contributed by atoms with van der Waals surface area (Å²) in [5, 5.41) is 0. The van der Waals surface area contributed by atoms with Crippen LogP contribution in [-0.4, -0.2) is 19.5 Å². The lowest BCUT2D eigenvalue weighted by Gasteiger charge is -2.20. The summed E-state index contributed by atoms with van der Waals surface area (Å²) in [4.78, 5) is 13.6. The van der Waals surface area contributed by atoms with Gasteiger partial charge in [0.05, 0.1) is 0 Å². The van der Waals surface area contributed by atoms with Gasteiger partial charge in [-0.1, -0.05) is 27.7 Å². The van der Waals surface area contributed by atoms with Crippen molar-refractivity contribution in [3.63, 3.8) is 0 Å². The van der Waals surface area contributed by atoms with Gasteiger partial charge in [0, 0.05) is 29.8 Å². The van der Waals surface area contributed by atoms with Gasteiger partial charge in [0.1, 0.15) is 23.3 Å². The molecule has 0 bridgehead atoms. The van der Waals surface area contributed by atoms with E-state index in [-0.39, 0.29) is 5.41 Å². The van der Waals surface area contributed by atoms with Crippen molar-refractivity contribution in [3.8, 4) is 5.82 Å². The molecule has 0 unspecified atom stereocenters. The Labute approximate surface area is 120 Å². The van der Waals surface area contributed by atoms with E-state index in [1.165, 1.54) is 0 Å². The maximum absolute atomic E-state index is 6.06. The first-order chi connectivity index (χ1) is 9.34. The van der Waals surface area contributed by atoms with E-state index in [0.717, 1.165) is 35.9 Å². The van der Waals surface area contributed by atoms with Crippen molar-refractivity contribution in [1.82, 2.24) is 19.5 Å².